The Kier molecular flexibility index (Phi) is 5.52. The van der Waals surface area contributed by atoms with Crippen LogP contribution in [-0.2, 0) is 0 Å². The zero-order chi connectivity index (χ0) is 19.4. The molecule has 0 aliphatic rings. The fourth-order valence-electron chi connectivity index (χ4n) is 2.47. The van der Waals surface area contributed by atoms with Crippen LogP contribution >= 0.6 is 11.6 Å². The summed E-state index contributed by atoms with van der Waals surface area (Å²) in [5.41, 5.74) is 3.88. The average molecular weight is 380 g/mol. The van der Waals surface area contributed by atoms with Gasteiger partial charge in [0, 0.05) is 17.4 Å². The number of rotatable bonds is 4. The number of hydrogen-bond acceptors (Lipinski definition) is 3. The number of aromatic nitrogens is 1. The van der Waals surface area contributed by atoms with Gasteiger partial charge in [-0.15, -0.1) is 0 Å². The monoisotopic (exact) mass is 379 g/mol. The standard InChI is InChI=1S/C21H18ClN3O2/c1-13-7-8-16(11-14(13)2)24-20(26)15-9-10-23-19(12-15)21(27)25-18-6-4-3-5-17(18)22/h3-12H,1-2H3,(H,24,26)(H,25,27). The van der Waals surface area contributed by atoms with Crippen molar-refractivity contribution in [1.82, 2.24) is 4.98 Å². The van der Waals surface area contributed by atoms with Crippen molar-refractivity contribution >= 4 is 34.8 Å². The molecule has 3 aromatic rings. The SMILES string of the molecule is Cc1ccc(NC(=O)c2ccnc(C(=O)Nc3ccccc3Cl)c2)cc1C. The molecule has 2 N–H and O–H groups in total. The van der Waals surface area contributed by atoms with Crippen LogP contribution in [0.4, 0.5) is 11.4 Å². The Labute approximate surface area is 162 Å². The Bertz CT molecular complexity index is 1020. The summed E-state index contributed by atoms with van der Waals surface area (Å²) in [6, 6.07) is 15.6. The lowest BCUT2D eigenvalue weighted by atomic mass is 10.1. The Morgan fingerprint density at radius 2 is 1.67 bits per heavy atom. The molecule has 2 amide bonds. The van der Waals surface area contributed by atoms with Crippen LogP contribution in [-0.4, -0.2) is 16.8 Å². The lowest BCUT2D eigenvalue weighted by Crippen LogP contribution is -2.17. The summed E-state index contributed by atoms with van der Waals surface area (Å²) < 4.78 is 0. The highest BCUT2D eigenvalue weighted by molar-refractivity contribution is 6.33. The molecule has 0 radical (unpaired) electrons. The molecule has 0 unspecified atom stereocenters. The number of hydrogen-bond donors (Lipinski definition) is 2. The van der Waals surface area contributed by atoms with Gasteiger partial charge < -0.3 is 10.6 Å². The maximum atomic E-state index is 12.5. The van der Waals surface area contributed by atoms with Gasteiger partial charge in [0.05, 0.1) is 10.7 Å². The highest BCUT2D eigenvalue weighted by Gasteiger charge is 2.13. The third-order valence-corrected chi connectivity index (χ3v) is 4.47. The first-order chi connectivity index (χ1) is 12.9. The van der Waals surface area contributed by atoms with Crippen LogP contribution < -0.4 is 10.6 Å². The van der Waals surface area contributed by atoms with E-state index in [4.69, 9.17) is 11.6 Å². The molecule has 0 fully saturated rings. The van der Waals surface area contributed by atoms with Crippen molar-refractivity contribution in [2.24, 2.45) is 0 Å². The normalized spacial score (nSPS) is 10.3. The van der Waals surface area contributed by atoms with Crippen LogP contribution in [0.5, 0.6) is 0 Å². The van der Waals surface area contributed by atoms with E-state index in [1.165, 1.54) is 12.3 Å². The van der Waals surface area contributed by atoms with Crippen molar-refractivity contribution in [1.29, 1.82) is 0 Å². The zero-order valence-corrected chi connectivity index (χ0v) is 15.7. The predicted molar refractivity (Wildman–Crippen MR) is 108 cm³/mol. The van der Waals surface area contributed by atoms with Gasteiger partial charge in [-0.25, -0.2) is 0 Å². The predicted octanol–water partition coefficient (Wildman–Crippen LogP) is 4.86. The van der Waals surface area contributed by atoms with Gasteiger partial charge in [-0.2, -0.15) is 0 Å². The van der Waals surface area contributed by atoms with E-state index in [1.807, 2.05) is 32.0 Å². The van der Waals surface area contributed by atoms with E-state index in [2.05, 4.69) is 15.6 Å². The lowest BCUT2D eigenvalue weighted by molar-refractivity contribution is 0.102. The first kappa shape index (κ1) is 18.6. The second kappa shape index (κ2) is 8.01. The number of nitrogens with zero attached hydrogens (tertiary/aromatic N) is 1. The molecule has 2 aromatic carbocycles. The Morgan fingerprint density at radius 3 is 2.41 bits per heavy atom. The van der Waals surface area contributed by atoms with Crippen molar-refractivity contribution in [2.45, 2.75) is 13.8 Å². The molecule has 27 heavy (non-hydrogen) atoms. The van der Waals surface area contributed by atoms with Gasteiger partial charge in [0.15, 0.2) is 0 Å². The molecule has 0 saturated carbocycles. The largest absolute Gasteiger partial charge is 0.322 e. The highest BCUT2D eigenvalue weighted by Crippen LogP contribution is 2.21. The molecule has 0 atom stereocenters. The fraction of sp³-hybridized carbons (Fsp3) is 0.0952. The molecule has 136 valence electrons. The van der Waals surface area contributed by atoms with Crippen molar-refractivity contribution in [3.05, 3.63) is 88.2 Å². The summed E-state index contributed by atoms with van der Waals surface area (Å²) >= 11 is 6.05. The van der Waals surface area contributed by atoms with Gasteiger partial charge in [-0.1, -0.05) is 29.8 Å². The number of pyridine rings is 1. The molecular weight excluding hydrogens is 362 g/mol. The molecule has 0 saturated heterocycles. The number of carbonyl (C=O) groups excluding carboxylic acids is 2. The van der Waals surface area contributed by atoms with Crippen LogP contribution in [0.1, 0.15) is 32.0 Å². The third-order valence-electron chi connectivity index (χ3n) is 4.14. The summed E-state index contributed by atoms with van der Waals surface area (Å²) in [5, 5.41) is 5.95. The molecule has 1 aromatic heterocycles. The van der Waals surface area contributed by atoms with Crippen LogP contribution in [0.3, 0.4) is 0 Å². The van der Waals surface area contributed by atoms with Gasteiger partial charge in [0.1, 0.15) is 5.69 Å². The minimum Gasteiger partial charge on any atom is -0.322 e. The van der Waals surface area contributed by atoms with Crippen molar-refractivity contribution in [2.75, 3.05) is 10.6 Å². The zero-order valence-electron chi connectivity index (χ0n) is 14.9. The van der Waals surface area contributed by atoms with Gasteiger partial charge in [-0.05, 0) is 61.4 Å². The number of nitrogens with one attached hydrogen (secondary N) is 2. The third kappa shape index (κ3) is 4.51. The summed E-state index contributed by atoms with van der Waals surface area (Å²) in [6.45, 7) is 3.99. The van der Waals surface area contributed by atoms with Gasteiger partial charge in [0.25, 0.3) is 11.8 Å². The molecule has 0 bridgehead atoms. The van der Waals surface area contributed by atoms with Crippen molar-refractivity contribution in [3.8, 4) is 0 Å². The van der Waals surface area contributed by atoms with E-state index in [1.54, 1.807) is 30.3 Å². The number of carbonyl (C=O) groups is 2. The topological polar surface area (TPSA) is 71.1 Å². The molecule has 1 heterocycles. The highest BCUT2D eigenvalue weighted by atomic mass is 35.5. The maximum Gasteiger partial charge on any atom is 0.274 e. The Morgan fingerprint density at radius 1 is 0.889 bits per heavy atom. The van der Waals surface area contributed by atoms with Crippen LogP contribution in [0.25, 0.3) is 0 Å². The molecule has 0 aliphatic carbocycles. The van der Waals surface area contributed by atoms with E-state index in [0.29, 0.717) is 22.0 Å². The molecule has 5 nitrogen and oxygen atoms in total. The van der Waals surface area contributed by atoms with E-state index in [0.717, 1.165) is 11.1 Å². The number of benzene rings is 2. The fourth-order valence-corrected chi connectivity index (χ4v) is 2.65. The van der Waals surface area contributed by atoms with E-state index in [9.17, 15) is 9.59 Å². The number of amides is 2. The number of aryl methyl sites for hydroxylation is 2. The molecule has 6 heteroatoms. The summed E-state index contributed by atoms with van der Waals surface area (Å²) in [7, 11) is 0. The van der Waals surface area contributed by atoms with Crippen molar-refractivity contribution < 1.29 is 9.59 Å². The molecular formula is C21H18ClN3O2. The summed E-state index contributed by atoms with van der Waals surface area (Å²) in [4.78, 5) is 29.0. The second-order valence-corrected chi connectivity index (χ2v) is 6.52. The second-order valence-electron chi connectivity index (χ2n) is 6.12. The quantitative estimate of drug-likeness (QED) is 0.680. The molecule has 0 spiro atoms. The first-order valence-corrected chi connectivity index (χ1v) is 8.72. The Hall–Kier alpha value is -3.18. The number of para-hydroxylation sites is 1. The van der Waals surface area contributed by atoms with Crippen LogP contribution in [0, 0.1) is 13.8 Å². The summed E-state index contributed by atoms with van der Waals surface area (Å²) in [5.74, 6) is -0.753. The minimum atomic E-state index is -0.441. The summed E-state index contributed by atoms with van der Waals surface area (Å²) in [6.07, 6.45) is 1.43. The maximum absolute atomic E-state index is 12.5. The average Bonchev–Trinajstić information content (AvgIpc) is 2.66. The molecule has 0 aliphatic heterocycles. The lowest BCUT2D eigenvalue weighted by Gasteiger charge is -2.09. The van der Waals surface area contributed by atoms with E-state index < -0.39 is 5.91 Å². The van der Waals surface area contributed by atoms with Crippen molar-refractivity contribution in [3.63, 3.8) is 0 Å². The number of halogens is 1. The van der Waals surface area contributed by atoms with E-state index in [-0.39, 0.29) is 11.6 Å². The van der Waals surface area contributed by atoms with E-state index >= 15 is 0 Å². The van der Waals surface area contributed by atoms with Crippen LogP contribution in [0.2, 0.25) is 5.02 Å². The Balaban J connectivity index is 1.76. The van der Waals surface area contributed by atoms with Gasteiger partial charge >= 0.3 is 0 Å². The minimum absolute atomic E-state index is 0.127. The smallest absolute Gasteiger partial charge is 0.274 e. The first-order valence-electron chi connectivity index (χ1n) is 8.34. The van der Waals surface area contributed by atoms with Gasteiger partial charge in [0.2, 0.25) is 0 Å². The van der Waals surface area contributed by atoms with Crippen LogP contribution in [0.15, 0.2) is 60.8 Å². The molecule has 3 rings (SSSR count). The number of anilines is 2. The van der Waals surface area contributed by atoms with Gasteiger partial charge in [-0.3, -0.25) is 14.6 Å².